The van der Waals surface area contributed by atoms with Crippen molar-refractivity contribution in [1.29, 1.82) is 0 Å². The van der Waals surface area contributed by atoms with Gasteiger partial charge in [-0.1, -0.05) is 0 Å². The van der Waals surface area contributed by atoms with Gasteiger partial charge in [0.1, 0.15) is 10.6 Å². The highest BCUT2D eigenvalue weighted by atomic mass is 32.2. The van der Waals surface area contributed by atoms with Crippen LogP contribution in [-0.2, 0) is 17.1 Å². The number of benzene rings is 1. The molecule has 0 aliphatic rings. The van der Waals surface area contributed by atoms with Crippen LogP contribution in [0.4, 0.5) is 0 Å². The fourth-order valence-corrected chi connectivity index (χ4v) is 4.41. The Morgan fingerprint density at radius 2 is 2.00 bits per heavy atom. The minimum absolute atomic E-state index is 0.0958. The molecule has 0 radical (unpaired) electrons. The number of carbonyl (C=O) groups excluding carboxylic acids is 1. The van der Waals surface area contributed by atoms with Crippen LogP contribution in [0.3, 0.4) is 0 Å². The summed E-state index contributed by atoms with van der Waals surface area (Å²) >= 11 is 1.32. The Morgan fingerprint density at radius 3 is 2.52 bits per heavy atom. The Hall–Kier alpha value is -1.97. The Morgan fingerprint density at radius 1 is 1.32 bits per heavy atom. The van der Waals surface area contributed by atoms with Gasteiger partial charge in [-0.15, -0.1) is 11.3 Å². The summed E-state index contributed by atoms with van der Waals surface area (Å²) < 4.78 is 34.7. The van der Waals surface area contributed by atoms with Crippen molar-refractivity contribution in [3.05, 3.63) is 40.1 Å². The summed E-state index contributed by atoms with van der Waals surface area (Å²) in [6, 6.07) is 4.23. The zero-order chi connectivity index (χ0) is 18.8. The predicted molar refractivity (Wildman–Crippen MR) is 96.3 cm³/mol. The van der Waals surface area contributed by atoms with E-state index in [1.54, 1.807) is 38.6 Å². The molecule has 0 fully saturated rings. The van der Waals surface area contributed by atoms with E-state index in [1.165, 1.54) is 36.6 Å². The molecule has 1 N–H and O–H groups in total. The molecule has 0 aliphatic carbocycles. The molecule has 2 aromatic rings. The molecule has 1 amide bonds. The van der Waals surface area contributed by atoms with E-state index in [1.807, 2.05) is 5.38 Å². The Kier molecular flexibility index (Phi) is 5.50. The van der Waals surface area contributed by atoms with Gasteiger partial charge in [-0.05, 0) is 39.0 Å². The summed E-state index contributed by atoms with van der Waals surface area (Å²) in [5.74, 6) is -0.358. The molecule has 0 spiro atoms. The Balaban J connectivity index is 2.51. The third-order valence-corrected chi connectivity index (χ3v) is 5.72. The summed E-state index contributed by atoms with van der Waals surface area (Å²) in [6.45, 7) is 5.20. The van der Waals surface area contributed by atoms with Gasteiger partial charge in [-0.2, -0.15) is 4.99 Å². The molecule has 1 aromatic heterocycles. The number of hydrogen-bond acceptors (Lipinski definition) is 5. The number of aryl methyl sites for hydroxylation is 1. The van der Waals surface area contributed by atoms with Crippen molar-refractivity contribution in [3.63, 3.8) is 0 Å². The standard InChI is InChI=1S/C16H21N3O4S2/c1-16(2,3)18-25(21,22)13-10-11(6-7-12(13)23-5)14(20)17-15-19(4)8-9-24-15/h6-10,18H,1-5H3. The molecule has 0 saturated heterocycles. The largest absolute Gasteiger partial charge is 0.495 e. The average molecular weight is 383 g/mol. The molecule has 0 unspecified atom stereocenters. The monoisotopic (exact) mass is 383 g/mol. The number of ether oxygens (including phenoxy) is 1. The fraction of sp³-hybridized carbons (Fsp3) is 0.375. The quantitative estimate of drug-likeness (QED) is 0.873. The lowest BCUT2D eigenvalue weighted by atomic mass is 10.1. The molecule has 0 atom stereocenters. The minimum atomic E-state index is -3.86. The van der Waals surface area contributed by atoms with Gasteiger partial charge in [0, 0.05) is 29.7 Å². The topological polar surface area (TPSA) is 89.8 Å². The number of methoxy groups -OCH3 is 1. The predicted octanol–water partition coefficient (Wildman–Crippen LogP) is 1.91. The second-order valence-electron chi connectivity index (χ2n) is 6.43. The SMILES string of the molecule is COc1ccc(C(=O)N=c2sccn2C)cc1S(=O)(=O)NC(C)(C)C. The maximum atomic E-state index is 12.6. The third kappa shape index (κ3) is 4.77. The van der Waals surface area contributed by atoms with E-state index in [0.717, 1.165) is 0 Å². The Bertz CT molecular complexity index is 950. The molecule has 9 heteroatoms. The summed E-state index contributed by atoms with van der Waals surface area (Å²) in [5, 5.41) is 1.81. The van der Waals surface area contributed by atoms with Gasteiger partial charge in [0.05, 0.1) is 7.11 Å². The molecule has 1 heterocycles. The van der Waals surface area contributed by atoms with E-state index >= 15 is 0 Å². The highest BCUT2D eigenvalue weighted by molar-refractivity contribution is 7.89. The maximum absolute atomic E-state index is 12.6. The molecule has 136 valence electrons. The van der Waals surface area contributed by atoms with Crippen LogP contribution in [0.25, 0.3) is 0 Å². The number of amides is 1. The number of nitrogens with one attached hydrogen (secondary N) is 1. The van der Waals surface area contributed by atoms with Crippen molar-refractivity contribution in [3.8, 4) is 5.75 Å². The van der Waals surface area contributed by atoms with Crippen LogP contribution in [-0.4, -0.2) is 31.5 Å². The molecule has 2 rings (SSSR count). The lowest BCUT2D eigenvalue weighted by Gasteiger charge is -2.21. The van der Waals surface area contributed by atoms with Gasteiger partial charge in [0.2, 0.25) is 10.0 Å². The van der Waals surface area contributed by atoms with E-state index in [9.17, 15) is 13.2 Å². The minimum Gasteiger partial charge on any atom is -0.495 e. The van der Waals surface area contributed by atoms with Gasteiger partial charge < -0.3 is 9.30 Å². The second-order valence-corrected chi connectivity index (χ2v) is 8.96. The van der Waals surface area contributed by atoms with Crippen molar-refractivity contribution in [2.45, 2.75) is 31.2 Å². The van der Waals surface area contributed by atoms with Crippen LogP contribution >= 0.6 is 11.3 Å². The zero-order valence-corrected chi connectivity index (χ0v) is 16.4. The van der Waals surface area contributed by atoms with E-state index in [-0.39, 0.29) is 16.2 Å². The number of hydrogen-bond donors (Lipinski definition) is 1. The van der Waals surface area contributed by atoms with E-state index in [4.69, 9.17) is 4.74 Å². The Labute approximate surface area is 151 Å². The summed E-state index contributed by atoms with van der Waals surface area (Å²) in [4.78, 5) is 16.9. The van der Waals surface area contributed by atoms with Crippen LogP contribution in [0, 0.1) is 0 Å². The lowest BCUT2D eigenvalue weighted by Crippen LogP contribution is -2.40. The van der Waals surface area contributed by atoms with Crippen molar-refractivity contribution >= 4 is 27.3 Å². The van der Waals surface area contributed by atoms with E-state index < -0.39 is 21.5 Å². The highest BCUT2D eigenvalue weighted by Crippen LogP contribution is 2.26. The average Bonchev–Trinajstić information content (AvgIpc) is 2.89. The molecule has 0 saturated carbocycles. The van der Waals surface area contributed by atoms with Gasteiger partial charge in [-0.25, -0.2) is 13.1 Å². The molecule has 7 nitrogen and oxygen atoms in total. The number of sulfonamides is 1. The van der Waals surface area contributed by atoms with Gasteiger partial charge in [0.25, 0.3) is 5.91 Å². The third-order valence-electron chi connectivity index (χ3n) is 3.10. The lowest BCUT2D eigenvalue weighted by molar-refractivity contribution is 0.0997. The van der Waals surface area contributed by atoms with Crippen molar-refractivity contribution in [2.24, 2.45) is 12.0 Å². The summed E-state index contributed by atoms with van der Waals surface area (Å²) in [7, 11) is -0.703. The zero-order valence-electron chi connectivity index (χ0n) is 14.7. The smallest absolute Gasteiger partial charge is 0.279 e. The first-order valence-electron chi connectivity index (χ1n) is 7.45. The van der Waals surface area contributed by atoms with E-state index in [2.05, 4.69) is 9.71 Å². The first-order valence-corrected chi connectivity index (χ1v) is 9.81. The highest BCUT2D eigenvalue weighted by Gasteiger charge is 2.26. The molecular weight excluding hydrogens is 362 g/mol. The first-order chi connectivity index (χ1) is 11.5. The van der Waals surface area contributed by atoms with Crippen molar-refractivity contribution in [2.75, 3.05) is 7.11 Å². The second kappa shape index (κ2) is 7.11. The number of carbonyl (C=O) groups is 1. The number of rotatable bonds is 4. The van der Waals surface area contributed by atoms with E-state index in [0.29, 0.717) is 4.80 Å². The number of nitrogens with zero attached hydrogens (tertiary/aromatic N) is 2. The van der Waals surface area contributed by atoms with Gasteiger partial charge in [0.15, 0.2) is 4.80 Å². The van der Waals surface area contributed by atoms with Crippen molar-refractivity contribution < 1.29 is 17.9 Å². The number of aromatic nitrogens is 1. The van der Waals surface area contributed by atoms with Crippen LogP contribution in [0.15, 0.2) is 39.7 Å². The van der Waals surface area contributed by atoms with Crippen LogP contribution in [0.5, 0.6) is 5.75 Å². The maximum Gasteiger partial charge on any atom is 0.279 e. The molecule has 1 aromatic carbocycles. The molecule has 0 bridgehead atoms. The first kappa shape index (κ1) is 19.4. The summed E-state index contributed by atoms with van der Waals surface area (Å²) in [6.07, 6.45) is 1.79. The molecular formula is C16H21N3O4S2. The van der Waals surface area contributed by atoms with Gasteiger partial charge >= 0.3 is 0 Å². The van der Waals surface area contributed by atoms with Gasteiger partial charge in [-0.3, -0.25) is 4.79 Å². The van der Waals surface area contributed by atoms with Crippen LogP contribution in [0.1, 0.15) is 31.1 Å². The summed E-state index contributed by atoms with van der Waals surface area (Å²) in [5.41, 5.74) is -0.498. The van der Waals surface area contributed by atoms with Crippen LogP contribution in [0.2, 0.25) is 0 Å². The molecule has 25 heavy (non-hydrogen) atoms. The number of thiazole rings is 1. The fourth-order valence-electron chi connectivity index (χ4n) is 2.06. The van der Waals surface area contributed by atoms with Crippen molar-refractivity contribution in [1.82, 2.24) is 9.29 Å². The van der Waals surface area contributed by atoms with Crippen LogP contribution < -0.4 is 14.3 Å². The normalized spacial score (nSPS) is 13.1. The molecule has 0 aliphatic heterocycles.